The third-order valence-electron chi connectivity index (χ3n) is 3.77. The van der Waals surface area contributed by atoms with E-state index in [4.69, 9.17) is 0 Å². The molecule has 6 nitrogen and oxygen atoms in total. The van der Waals surface area contributed by atoms with Crippen LogP contribution in [-0.4, -0.2) is 25.2 Å². The number of nitrogens with one attached hydrogen (secondary N) is 1. The van der Waals surface area contributed by atoms with Crippen molar-refractivity contribution in [1.29, 1.82) is 0 Å². The third kappa shape index (κ3) is 2.76. The van der Waals surface area contributed by atoms with Crippen molar-refractivity contribution < 1.29 is 8.78 Å². The molecule has 0 aliphatic heterocycles. The van der Waals surface area contributed by atoms with Crippen LogP contribution in [-0.2, 0) is 0 Å². The molecule has 0 amide bonds. The second-order valence-corrected chi connectivity index (χ2v) is 6.68. The summed E-state index contributed by atoms with van der Waals surface area (Å²) < 4.78 is 28.1. The maximum atomic E-state index is 12.7. The lowest BCUT2D eigenvalue weighted by molar-refractivity contribution is 0.151. The van der Waals surface area contributed by atoms with E-state index in [0.717, 1.165) is 40.4 Å². The van der Waals surface area contributed by atoms with Gasteiger partial charge in [-0.2, -0.15) is 0 Å². The monoisotopic (exact) mass is 336 g/mol. The molecule has 2 heterocycles. The van der Waals surface area contributed by atoms with Gasteiger partial charge in [-0.25, -0.2) is 18.4 Å². The van der Waals surface area contributed by atoms with E-state index in [2.05, 4.69) is 25.8 Å². The first kappa shape index (κ1) is 14.4. The number of rotatable bonds is 5. The van der Waals surface area contributed by atoms with Crippen LogP contribution >= 0.6 is 11.3 Å². The van der Waals surface area contributed by atoms with Gasteiger partial charge in [0.05, 0.1) is 22.3 Å². The summed E-state index contributed by atoms with van der Waals surface area (Å²) >= 11 is 1.02. The van der Waals surface area contributed by atoms with Gasteiger partial charge in [0.2, 0.25) is 0 Å². The Kier molecular flexibility index (Phi) is 3.44. The minimum atomic E-state index is -2.54. The minimum Gasteiger partial charge on any atom is -0.375 e. The molecule has 120 valence electrons. The fraction of sp³-hybridized carbons (Fsp3) is 0.429. The van der Waals surface area contributed by atoms with Gasteiger partial charge in [0, 0.05) is 5.69 Å². The van der Waals surface area contributed by atoms with E-state index in [-0.39, 0.29) is 11.0 Å². The number of anilines is 1. The standard InChI is InChI=1S/C14H14F2N6S/c1-7(13-19-20-21-22(13)9-3-4-9)17-8-2-5-10-11(6-8)23-14(18-10)12(15)16/h2,5-7,9,12,17H,3-4H2,1H3. The quantitative estimate of drug-likeness (QED) is 0.769. The molecule has 1 aromatic carbocycles. The van der Waals surface area contributed by atoms with Crippen molar-refractivity contribution in [2.24, 2.45) is 0 Å². The summed E-state index contributed by atoms with van der Waals surface area (Å²) in [5.74, 6) is 0.783. The normalized spacial score (nSPS) is 16.2. The molecular weight excluding hydrogens is 322 g/mol. The zero-order valence-corrected chi connectivity index (χ0v) is 13.1. The molecule has 9 heteroatoms. The molecule has 1 aliphatic rings. The SMILES string of the molecule is CC(Nc1ccc2nc(C(F)F)sc2c1)c1nnnn1C1CC1. The Hall–Kier alpha value is -2.16. The fourth-order valence-corrected chi connectivity index (χ4v) is 3.37. The highest BCUT2D eigenvalue weighted by Gasteiger charge is 2.29. The number of thiazole rings is 1. The summed E-state index contributed by atoms with van der Waals surface area (Å²) in [6, 6.07) is 5.74. The van der Waals surface area contributed by atoms with E-state index in [1.54, 1.807) is 6.07 Å². The number of aromatic nitrogens is 5. The van der Waals surface area contributed by atoms with Crippen molar-refractivity contribution in [3.63, 3.8) is 0 Å². The van der Waals surface area contributed by atoms with E-state index in [1.165, 1.54) is 0 Å². The number of halogens is 2. The van der Waals surface area contributed by atoms with Crippen LogP contribution in [0.3, 0.4) is 0 Å². The van der Waals surface area contributed by atoms with Crippen LogP contribution < -0.4 is 5.32 Å². The number of hydrogen-bond acceptors (Lipinski definition) is 6. The van der Waals surface area contributed by atoms with Crippen LogP contribution in [0.5, 0.6) is 0 Å². The molecule has 1 N–H and O–H groups in total. The average Bonchev–Trinajstić information content (AvgIpc) is 3.10. The predicted molar refractivity (Wildman–Crippen MR) is 82.7 cm³/mol. The molecular formula is C14H14F2N6S. The average molecular weight is 336 g/mol. The lowest BCUT2D eigenvalue weighted by atomic mass is 10.2. The lowest BCUT2D eigenvalue weighted by Crippen LogP contribution is -2.14. The molecule has 1 atom stereocenters. The molecule has 1 unspecified atom stereocenters. The molecule has 3 aromatic rings. The van der Waals surface area contributed by atoms with Crippen LogP contribution in [0.2, 0.25) is 0 Å². The van der Waals surface area contributed by atoms with Gasteiger partial charge in [0.1, 0.15) is 0 Å². The Morgan fingerprint density at radius 1 is 1.35 bits per heavy atom. The van der Waals surface area contributed by atoms with Crippen LogP contribution in [0.4, 0.5) is 14.5 Å². The fourth-order valence-electron chi connectivity index (χ4n) is 2.50. The van der Waals surface area contributed by atoms with Gasteiger partial charge in [-0.15, -0.1) is 16.4 Å². The van der Waals surface area contributed by atoms with E-state index >= 15 is 0 Å². The Labute approximate surface area is 134 Å². The number of benzene rings is 1. The lowest BCUT2D eigenvalue weighted by Gasteiger charge is -2.14. The number of tetrazole rings is 1. The number of hydrogen-bond donors (Lipinski definition) is 1. The Balaban J connectivity index is 1.57. The van der Waals surface area contributed by atoms with Gasteiger partial charge in [-0.05, 0) is 48.4 Å². The smallest absolute Gasteiger partial charge is 0.289 e. The first-order chi connectivity index (χ1) is 11.1. The highest BCUT2D eigenvalue weighted by molar-refractivity contribution is 7.18. The van der Waals surface area contributed by atoms with Gasteiger partial charge in [-0.3, -0.25) is 0 Å². The zero-order chi connectivity index (χ0) is 16.0. The first-order valence-corrected chi connectivity index (χ1v) is 8.16. The van der Waals surface area contributed by atoms with Crippen LogP contribution in [0.15, 0.2) is 18.2 Å². The molecule has 1 fully saturated rings. The van der Waals surface area contributed by atoms with Gasteiger partial charge < -0.3 is 5.32 Å². The zero-order valence-electron chi connectivity index (χ0n) is 12.3. The molecule has 4 rings (SSSR count). The van der Waals surface area contributed by atoms with Crippen molar-refractivity contribution in [2.45, 2.75) is 38.3 Å². The Bertz CT molecular complexity index is 841. The van der Waals surface area contributed by atoms with E-state index < -0.39 is 6.43 Å². The van der Waals surface area contributed by atoms with Crippen LogP contribution in [0.1, 0.15) is 49.1 Å². The molecule has 23 heavy (non-hydrogen) atoms. The highest BCUT2D eigenvalue weighted by atomic mass is 32.1. The van der Waals surface area contributed by atoms with Gasteiger partial charge in [-0.1, -0.05) is 0 Å². The highest BCUT2D eigenvalue weighted by Crippen LogP contribution is 2.36. The van der Waals surface area contributed by atoms with E-state index in [9.17, 15) is 8.78 Å². The van der Waals surface area contributed by atoms with Crippen molar-refractivity contribution in [3.05, 3.63) is 29.0 Å². The van der Waals surface area contributed by atoms with Crippen molar-refractivity contribution in [3.8, 4) is 0 Å². The minimum absolute atomic E-state index is 0.0782. The van der Waals surface area contributed by atoms with Crippen molar-refractivity contribution in [1.82, 2.24) is 25.2 Å². The maximum Gasteiger partial charge on any atom is 0.289 e. The predicted octanol–water partition coefficient (Wildman–Crippen LogP) is 3.73. The Morgan fingerprint density at radius 2 is 2.17 bits per heavy atom. The number of nitrogens with zero attached hydrogens (tertiary/aromatic N) is 5. The van der Waals surface area contributed by atoms with Gasteiger partial charge in [0.15, 0.2) is 10.8 Å². The van der Waals surface area contributed by atoms with Crippen molar-refractivity contribution in [2.75, 3.05) is 5.32 Å². The maximum absolute atomic E-state index is 12.7. The first-order valence-electron chi connectivity index (χ1n) is 7.35. The molecule has 1 aliphatic carbocycles. The Morgan fingerprint density at radius 3 is 2.91 bits per heavy atom. The van der Waals surface area contributed by atoms with Crippen LogP contribution in [0, 0.1) is 0 Å². The molecule has 1 saturated carbocycles. The van der Waals surface area contributed by atoms with Gasteiger partial charge >= 0.3 is 0 Å². The number of alkyl halides is 2. The summed E-state index contributed by atoms with van der Waals surface area (Å²) in [5, 5.41) is 15.1. The molecule has 0 saturated heterocycles. The molecule has 0 bridgehead atoms. The largest absolute Gasteiger partial charge is 0.375 e. The second kappa shape index (κ2) is 5.48. The summed E-state index contributed by atoms with van der Waals surface area (Å²) in [4.78, 5) is 3.93. The summed E-state index contributed by atoms with van der Waals surface area (Å²) in [5.41, 5.74) is 1.42. The van der Waals surface area contributed by atoms with E-state index in [0.29, 0.717) is 11.6 Å². The van der Waals surface area contributed by atoms with Gasteiger partial charge in [0.25, 0.3) is 6.43 Å². The second-order valence-electron chi connectivity index (χ2n) is 5.61. The molecule has 0 radical (unpaired) electrons. The summed E-state index contributed by atoms with van der Waals surface area (Å²) in [6.45, 7) is 1.98. The topological polar surface area (TPSA) is 68.5 Å². The van der Waals surface area contributed by atoms with Crippen LogP contribution in [0.25, 0.3) is 10.2 Å². The van der Waals surface area contributed by atoms with Crippen molar-refractivity contribution >= 4 is 27.2 Å². The van der Waals surface area contributed by atoms with E-state index in [1.807, 2.05) is 23.7 Å². The molecule has 2 aromatic heterocycles. The summed E-state index contributed by atoms with van der Waals surface area (Å²) in [7, 11) is 0. The third-order valence-corrected chi connectivity index (χ3v) is 4.80. The molecule has 0 spiro atoms. The number of fused-ring (bicyclic) bond motifs is 1. The summed E-state index contributed by atoms with van der Waals surface area (Å²) in [6.07, 6.45) is -0.326.